The lowest BCUT2D eigenvalue weighted by atomic mass is 10.2. The van der Waals surface area contributed by atoms with E-state index in [1.807, 2.05) is 6.92 Å². The molecule has 0 amide bonds. The minimum atomic E-state index is -4.36. The standard InChI is InChI=1S/C16H22F3N5O/c1-4-9-23(10-12(2)25-3)11-15-20-21-22-24(15)14-7-5-13(6-8-14)16(17,18)19/h5-8,12H,4,9-11H2,1-3H3/t12-/m1/s1. The minimum absolute atomic E-state index is 0.0574. The highest BCUT2D eigenvalue weighted by Gasteiger charge is 2.30. The molecule has 1 heterocycles. The maximum Gasteiger partial charge on any atom is 0.416 e. The Morgan fingerprint density at radius 3 is 2.48 bits per heavy atom. The zero-order valence-electron chi connectivity index (χ0n) is 14.5. The van der Waals surface area contributed by atoms with E-state index in [2.05, 4.69) is 27.3 Å². The van der Waals surface area contributed by atoms with Gasteiger partial charge in [-0.15, -0.1) is 5.10 Å². The number of halogens is 3. The molecule has 25 heavy (non-hydrogen) atoms. The zero-order chi connectivity index (χ0) is 18.4. The number of tetrazole rings is 1. The molecule has 6 nitrogen and oxygen atoms in total. The molecule has 0 saturated heterocycles. The van der Waals surface area contributed by atoms with Gasteiger partial charge in [0.1, 0.15) is 0 Å². The third kappa shape index (κ3) is 5.23. The fourth-order valence-electron chi connectivity index (χ4n) is 2.49. The van der Waals surface area contributed by atoms with Crippen molar-refractivity contribution in [2.24, 2.45) is 0 Å². The molecule has 1 aromatic carbocycles. The molecule has 0 bridgehead atoms. The van der Waals surface area contributed by atoms with E-state index in [-0.39, 0.29) is 6.10 Å². The van der Waals surface area contributed by atoms with Crippen molar-refractivity contribution >= 4 is 0 Å². The molecule has 0 aliphatic rings. The van der Waals surface area contributed by atoms with E-state index in [1.54, 1.807) is 7.11 Å². The van der Waals surface area contributed by atoms with Crippen molar-refractivity contribution in [1.82, 2.24) is 25.1 Å². The zero-order valence-corrected chi connectivity index (χ0v) is 14.5. The number of alkyl halides is 3. The van der Waals surface area contributed by atoms with E-state index in [0.717, 1.165) is 25.1 Å². The summed E-state index contributed by atoms with van der Waals surface area (Å²) in [7, 11) is 1.65. The summed E-state index contributed by atoms with van der Waals surface area (Å²) in [4.78, 5) is 2.15. The molecule has 1 atom stereocenters. The van der Waals surface area contributed by atoms with Gasteiger partial charge >= 0.3 is 6.18 Å². The fourth-order valence-corrected chi connectivity index (χ4v) is 2.49. The molecular formula is C16H22F3N5O. The molecule has 0 fully saturated rings. The first-order valence-electron chi connectivity index (χ1n) is 8.05. The van der Waals surface area contributed by atoms with Gasteiger partial charge in [0.15, 0.2) is 5.82 Å². The average Bonchev–Trinajstić information content (AvgIpc) is 3.02. The molecule has 138 valence electrons. The Morgan fingerprint density at radius 2 is 1.92 bits per heavy atom. The molecule has 0 N–H and O–H groups in total. The Bertz CT molecular complexity index is 657. The van der Waals surface area contributed by atoms with Crippen molar-refractivity contribution < 1.29 is 17.9 Å². The summed E-state index contributed by atoms with van der Waals surface area (Å²) in [5.74, 6) is 0.566. The van der Waals surface area contributed by atoms with E-state index in [9.17, 15) is 13.2 Å². The molecule has 2 aromatic rings. The van der Waals surface area contributed by atoms with Crippen LogP contribution < -0.4 is 0 Å². The molecule has 0 aliphatic heterocycles. The lowest BCUT2D eigenvalue weighted by Gasteiger charge is -2.24. The summed E-state index contributed by atoms with van der Waals surface area (Å²) in [6, 6.07) is 4.78. The molecule has 1 aromatic heterocycles. The van der Waals surface area contributed by atoms with Crippen LogP contribution in [0.3, 0.4) is 0 Å². The predicted octanol–water partition coefficient (Wildman–Crippen LogP) is 2.93. The van der Waals surface area contributed by atoms with Gasteiger partial charge in [-0.2, -0.15) is 17.9 Å². The summed E-state index contributed by atoms with van der Waals surface area (Å²) < 4.78 is 44.8. The monoisotopic (exact) mass is 357 g/mol. The molecule has 0 aliphatic carbocycles. The van der Waals surface area contributed by atoms with E-state index >= 15 is 0 Å². The van der Waals surface area contributed by atoms with Crippen molar-refractivity contribution in [1.29, 1.82) is 0 Å². The number of rotatable bonds is 8. The third-order valence-electron chi connectivity index (χ3n) is 3.80. The van der Waals surface area contributed by atoms with Crippen LogP contribution in [0, 0.1) is 0 Å². The number of hydrogen-bond acceptors (Lipinski definition) is 5. The highest BCUT2D eigenvalue weighted by Crippen LogP contribution is 2.29. The van der Waals surface area contributed by atoms with Gasteiger partial charge in [0.25, 0.3) is 0 Å². The summed E-state index contributed by atoms with van der Waals surface area (Å²) >= 11 is 0. The largest absolute Gasteiger partial charge is 0.416 e. The van der Waals surface area contributed by atoms with Crippen molar-refractivity contribution in [3.05, 3.63) is 35.7 Å². The smallest absolute Gasteiger partial charge is 0.380 e. The lowest BCUT2D eigenvalue weighted by Crippen LogP contribution is -2.33. The van der Waals surface area contributed by atoms with Gasteiger partial charge in [-0.05, 0) is 54.6 Å². The van der Waals surface area contributed by atoms with Crippen LogP contribution in [0.2, 0.25) is 0 Å². The van der Waals surface area contributed by atoms with Crippen LogP contribution in [-0.2, 0) is 17.5 Å². The Morgan fingerprint density at radius 1 is 1.24 bits per heavy atom. The van der Waals surface area contributed by atoms with Gasteiger partial charge < -0.3 is 4.74 Å². The Kier molecular flexibility index (Phi) is 6.49. The van der Waals surface area contributed by atoms with Crippen molar-refractivity contribution in [3.63, 3.8) is 0 Å². The van der Waals surface area contributed by atoms with Crippen molar-refractivity contribution in [2.45, 2.75) is 39.1 Å². The Hall–Kier alpha value is -2.00. The third-order valence-corrected chi connectivity index (χ3v) is 3.80. The van der Waals surface area contributed by atoms with Gasteiger partial charge in [-0.3, -0.25) is 4.90 Å². The van der Waals surface area contributed by atoms with Gasteiger partial charge in [0.05, 0.1) is 23.9 Å². The van der Waals surface area contributed by atoms with Gasteiger partial charge in [-0.1, -0.05) is 6.92 Å². The molecule has 2 rings (SSSR count). The maximum atomic E-state index is 12.7. The number of nitrogens with zero attached hydrogens (tertiary/aromatic N) is 5. The van der Waals surface area contributed by atoms with Gasteiger partial charge in [0, 0.05) is 13.7 Å². The second kappa shape index (κ2) is 8.39. The van der Waals surface area contributed by atoms with Crippen LogP contribution in [-0.4, -0.2) is 51.4 Å². The van der Waals surface area contributed by atoms with Crippen LogP contribution >= 0.6 is 0 Å². The van der Waals surface area contributed by atoms with E-state index < -0.39 is 11.7 Å². The van der Waals surface area contributed by atoms with Crippen LogP contribution in [0.5, 0.6) is 0 Å². The SMILES string of the molecule is CCCN(Cc1nnnn1-c1ccc(C(F)(F)F)cc1)C[C@@H](C)OC. The fraction of sp³-hybridized carbons (Fsp3) is 0.562. The van der Waals surface area contributed by atoms with Gasteiger partial charge in [0.2, 0.25) is 0 Å². The van der Waals surface area contributed by atoms with E-state index in [0.29, 0.717) is 24.6 Å². The highest BCUT2D eigenvalue weighted by molar-refractivity contribution is 5.35. The summed E-state index contributed by atoms with van der Waals surface area (Å²) in [5, 5.41) is 11.6. The maximum absolute atomic E-state index is 12.7. The average molecular weight is 357 g/mol. The van der Waals surface area contributed by atoms with Crippen LogP contribution in [0.4, 0.5) is 13.2 Å². The topological polar surface area (TPSA) is 56.1 Å². The summed E-state index contributed by atoms with van der Waals surface area (Å²) in [6.45, 7) is 6.08. The molecule has 0 spiro atoms. The van der Waals surface area contributed by atoms with Crippen LogP contribution in [0.15, 0.2) is 24.3 Å². The quantitative estimate of drug-likeness (QED) is 0.727. The molecule has 0 saturated carbocycles. The molecular weight excluding hydrogens is 335 g/mol. The van der Waals surface area contributed by atoms with E-state index in [4.69, 9.17) is 4.74 Å². The second-order valence-electron chi connectivity index (χ2n) is 5.83. The van der Waals surface area contributed by atoms with Crippen molar-refractivity contribution in [2.75, 3.05) is 20.2 Å². The molecule has 0 unspecified atom stereocenters. The van der Waals surface area contributed by atoms with Crippen molar-refractivity contribution in [3.8, 4) is 5.69 Å². The first kappa shape index (κ1) is 19.3. The number of ether oxygens (including phenoxy) is 1. The number of hydrogen-bond donors (Lipinski definition) is 0. The lowest BCUT2D eigenvalue weighted by molar-refractivity contribution is -0.137. The van der Waals surface area contributed by atoms with Crippen LogP contribution in [0.1, 0.15) is 31.7 Å². The molecule has 9 heteroatoms. The molecule has 0 radical (unpaired) electrons. The number of benzene rings is 1. The number of aromatic nitrogens is 4. The minimum Gasteiger partial charge on any atom is -0.380 e. The second-order valence-corrected chi connectivity index (χ2v) is 5.83. The first-order chi connectivity index (χ1) is 11.8. The summed E-state index contributed by atoms with van der Waals surface area (Å²) in [5.41, 5.74) is -0.211. The predicted molar refractivity (Wildman–Crippen MR) is 86.2 cm³/mol. The Balaban J connectivity index is 2.18. The normalized spacial score (nSPS) is 13.4. The first-order valence-corrected chi connectivity index (χ1v) is 8.05. The van der Waals surface area contributed by atoms with Crippen LogP contribution in [0.25, 0.3) is 5.69 Å². The van der Waals surface area contributed by atoms with Gasteiger partial charge in [-0.25, -0.2) is 0 Å². The summed E-state index contributed by atoms with van der Waals surface area (Å²) in [6.07, 6.45) is -3.35. The highest BCUT2D eigenvalue weighted by atomic mass is 19.4. The van der Waals surface area contributed by atoms with E-state index in [1.165, 1.54) is 16.8 Å². The Labute approximate surface area is 144 Å². The number of methoxy groups -OCH3 is 1.